The summed E-state index contributed by atoms with van der Waals surface area (Å²) in [6, 6.07) is 17.0. The summed E-state index contributed by atoms with van der Waals surface area (Å²) in [4.78, 5) is 4.91. The monoisotopic (exact) mass is 328 g/mol. The van der Waals surface area contributed by atoms with Gasteiger partial charge in [-0.2, -0.15) is 0 Å². The molecule has 0 aliphatic carbocycles. The van der Waals surface area contributed by atoms with Gasteiger partial charge in [0.05, 0.1) is 0 Å². The topological polar surface area (TPSA) is 15.7 Å². The zero-order valence-corrected chi connectivity index (χ0v) is 14.2. The Labute approximate surface area is 143 Å². The molecule has 2 aromatic rings. The predicted octanol–water partition coefficient (Wildman–Crippen LogP) is 3.41. The highest BCUT2D eigenvalue weighted by Crippen LogP contribution is 2.15. The molecule has 1 aliphatic rings. The minimum absolute atomic E-state index is 0.0486. The molecule has 1 atom stereocenters. The molecule has 3 rings (SSSR count). The molecule has 0 radical (unpaired) electrons. The van der Waals surface area contributed by atoms with Gasteiger partial charge >= 0.3 is 0 Å². The maximum atomic E-state index is 13.2. The molecule has 0 amide bonds. The predicted molar refractivity (Wildman–Crippen MR) is 94.6 cm³/mol. The van der Waals surface area contributed by atoms with Crippen LogP contribution in [0.15, 0.2) is 54.6 Å². The second kappa shape index (κ2) is 8.27. The largest absolute Gasteiger partial charge is 0.489 e. The van der Waals surface area contributed by atoms with Gasteiger partial charge in [-0.25, -0.2) is 4.39 Å². The highest BCUT2D eigenvalue weighted by Gasteiger charge is 2.19. The van der Waals surface area contributed by atoms with Crippen molar-refractivity contribution in [2.45, 2.75) is 19.6 Å². The summed E-state index contributed by atoms with van der Waals surface area (Å²) in [7, 11) is 0. The lowest BCUT2D eigenvalue weighted by Crippen LogP contribution is -2.48. The molecule has 24 heavy (non-hydrogen) atoms. The van der Waals surface area contributed by atoms with Gasteiger partial charge in [-0.05, 0) is 24.6 Å². The maximum Gasteiger partial charge on any atom is 0.126 e. The smallest absolute Gasteiger partial charge is 0.126 e. The van der Waals surface area contributed by atoms with Crippen LogP contribution in [-0.4, -0.2) is 48.6 Å². The van der Waals surface area contributed by atoms with E-state index < -0.39 is 0 Å². The number of piperazine rings is 1. The number of nitrogens with zero attached hydrogens (tertiary/aromatic N) is 2. The summed E-state index contributed by atoms with van der Waals surface area (Å²) in [5, 5.41) is 0. The number of ether oxygens (including phenoxy) is 1. The van der Waals surface area contributed by atoms with E-state index in [0.29, 0.717) is 5.75 Å². The molecule has 0 saturated carbocycles. The van der Waals surface area contributed by atoms with Gasteiger partial charge in [0.15, 0.2) is 0 Å². The Hall–Kier alpha value is -1.91. The van der Waals surface area contributed by atoms with Gasteiger partial charge in [0.2, 0.25) is 0 Å². The van der Waals surface area contributed by atoms with E-state index in [1.165, 1.54) is 17.7 Å². The normalized spacial score (nSPS) is 17.6. The Morgan fingerprint density at radius 3 is 2.38 bits per heavy atom. The van der Waals surface area contributed by atoms with Gasteiger partial charge in [-0.15, -0.1) is 0 Å². The molecule has 0 bridgehead atoms. The first-order valence-electron chi connectivity index (χ1n) is 8.60. The van der Waals surface area contributed by atoms with Crippen LogP contribution >= 0.6 is 0 Å². The average molecular weight is 328 g/mol. The summed E-state index contributed by atoms with van der Waals surface area (Å²) in [6.45, 7) is 8.16. The van der Waals surface area contributed by atoms with Crippen molar-refractivity contribution < 1.29 is 9.13 Å². The van der Waals surface area contributed by atoms with Gasteiger partial charge in [0.25, 0.3) is 0 Å². The van der Waals surface area contributed by atoms with E-state index in [1.807, 2.05) is 6.92 Å². The molecule has 4 heteroatoms. The van der Waals surface area contributed by atoms with Crippen LogP contribution < -0.4 is 4.74 Å². The van der Waals surface area contributed by atoms with Crippen LogP contribution in [0, 0.1) is 5.82 Å². The number of halogens is 1. The zero-order valence-electron chi connectivity index (χ0n) is 14.2. The van der Waals surface area contributed by atoms with Crippen LogP contribution in [0.2, 0.25) is 0 Å². The fourth-order valence-electron chi connectivity index (χ4n) is 3.15. The standard InChI is InChI=1S/C20H25FN2O/c1-17(24-20-9-5-8-19(21)14-20)15-22-10-12-23(13-11-22)16-18-6-3-2-4-7-18/h2-9,14,17H,10-13,15-16H2,1H3. The van der Waals surface area contributed by atoms with Gasteiger partial charge in [-0.1, -0.05) is 36.4 Å². The molecule has 1 heterocycles. The molecule has 1 aliphatic heterocycles. The van der Waals surface area contributed by atoms with Crippen LogP contribution in [0.3, 0.4) is 0 Å². The van der Waals surface area contributed by atoms with Crippen LogP contribution in [0.4, 0.5) is 4.39 Å². The highest BCUT2D eigenvalue weighted by atomic mass is 19.1. The summed E-state index contributed by atoms with van der Waals surface area (Å²) < 4.78 is 19.0. The molecule has 128 valence electrons. The summed E-state index contributed by atoms with van der Waals surface area (Å²) in [5.41, 5.74) is 1.37. The van der Waals surface area contributed by atoms with Crippen LogP contribution in [0.1, 0.15) is 12.5 Å². The number of rotatable bonds is 6. The lowest BCUT2D eigenvalue weighted by Gasteiger charge is -2.35. The van der Waals surface area contributed by atoms with E-state index in [-0.39, 0.29) is 11.9 Å². The van der Waals surface area contributed by atoms with Crippen molar-refractivity contribution in [1.82, 2.24) is 9.80 Å². The first kappa shape index (κ1) is 16.9. The first-order chi connectivity index (χ1) is 11.7. The third-order valence-electron chi connectivity index (χ3n) is 4.36. The molecule has 1 unspecified atom stereocenters. The van der Waals surface area contributed by atoms with E-state index in [9.17, 15) is 4.39 Å². The third-order valence-corrected chi connectivity index (χ3v) is 4.36. The second-order valence-electron chi connectivity index (χ2n) is 6.45. The quantitative estimate of drug-likeness (QED) is 0.808. The zero-order chi connectivity index (χ0) is 16.8. The average Bonchev–Trinajstić information content (AvgIpc) is 2.57. The van der Waals surface area contributed by atoms with Crippen LogP contribution in [0.5, 0.6) is 5.75 Å². The molecule has 0 aromatic heterocycles. The highest BCUT2D eigenvalue weighted by molar-refractivity contribution is 5.22. The molecule has 1 saturated heterocycles. The van der Waals surface area contributed by atoms with Crippen molar-refractivity contribution in [1.29, 1.82) is 0 Å². The summed E-state index contributed by atoms with van der Waals surface area (Å²) in [6.07, 6.45) is 0.0486. The summed E-state index contributed by atoms with van der Waals surface area (Å²) >= 11 is 0. The van der Waals surface area contributed by atoms with Crippen molar-refractivity contribution in [2.75, 3.05) is 32.7 Å². The van der Waals surface area contributed by atoms with E-state index in [2.05, 4.69) is 40.1 Å². The van der Waals surface area contributed by atoms with Gasteiger partial charge < -0.3 is 4.74 Å². The second-order valence-corrected chi connectivity index (χ2v) is 6.45. The Morgan fingerprint density at radius 1 is 0.958 bits per heavy atom. The van der Waals surface area contributed by atoms with Gasteiger partial charge in [0, 0.05) is 45.3 Å². The Balaban J connectivity index is 1.42. The fourth-order valence-corrected chi connectivity index (χ4v) is 3.15. The summed E-state index contributed by atoms with van der Waals surface area (Å²) in [5.74, 6) is 0.347. The molecule has 2 aromatic carbocycles. The molecular formula is C20H25FN2O. The first-order valence-corrected chi connectivity index (χ1v) is 8.60. The SMILES string of the molecule is CC(CN1CCN(Cc2ccccc2)CC1)Oc1cccc(F)c1. The van der Waals surface area contributed by atoms with Crippen molar-refractivity contribution in [3.05, 3.63) is 66.0 Å². The van der Waals surface area contributed by atoms with Crippen LogP contribution in [0.25, 0.3) is 0 Å². The fraction of sp³-hybridized carbons (Fsp3) is 0.400. The van der Waals surface area contributed by atoms with Crippen LogP contribution in [-0.2, 0) is 6.54 Å². The number of hydrogen-bond donors (Lipinski definition) is 0. The molecule has 0 spiro atoms. The Morgan fingerprint density at radius 2 is 1.67 bits per heavy atom. The van der Waals surface area contributed by atoms with E-state index in [0.717, 1.165) is 39.3 Å². The van der Waals surface area contributed by atoms with E-state index in [4.69, 9.17) is 4.74 Å². The molecule has 0 N–H and O–H groups in total. The Kier molecular flexibility index (Phi) is 5.83. The lowest BCUT2D eigenvalue weighted by atomic mass is 10.2. The minimum Gasteiger partial charge on any atom is -0.489 e. The van der Waals surface area contributed by atoms with E-state index >= 15 is 0 Å². The third kappa shape index (κ3) is 5.05. The molecule has 3 nitrogen and oxygen atoms in total. The Bertz CT molecular complexity index is 627. The number of benzene rings is 2. The van der Waals surface area contributed by atoms with Crippen molar-refractivity contribution in [3.63, 3.8) is 0 Å². The van der Waals surface area contributed by atoms with Gasteiger partial charge in [-0.3, -0.25) is 9.80 Å². The van der Waals surface area contributed by atoms with E-state index in [1.54, 1.807) is 12.1 Å². The number of hydrogen-bond acceptors (Lipinski definition) is 3. The van der Waals surface area contributed by atoms with Crippen molar-refractivity contribution in [3.8, 4) is 5.75 Å². The molecular weight excluding hydrogens is 303 g/mol. The van der Waals surface area contributed by atoms with Gasteiger partial charge in [0.1, 0.15) is 17.7 Å². The van der Waals surface area contributed by atoms with Crippen molar-refractivity contribution in [2.24, 2.45) is 0 Å². The van der Waals surface area contributed by atoms with Crippen molar-refractivity contribution >= 4 is 0 Å². The molecule has 1 fully saturated rings. The lowest BCUT2D eigenvalue weighted by molar-refractivity contribution is 0.0872. The maximum absolute atomic E-state index is 13.2. The minimum atomic E-state index is -0.255.